The van der Waals surface area contributed by atoms with Crippen LogP contribution in [0.15, 0.2) is 65.3 Å². The van der Waals surface area contributed by atoms with Crippen LogP contribution in [-0.2, 0) is 4.74 Å². The molecule has 2 heterocycles. The van der Waals surface area contributed by atoms with Gasteiger partial charge in [-0.15, -0.1) is 0 Å². The van der Waals surface area contributed by atoms with Gasteiger partial charge in [0.1, 0.15) is 5.56 Å². The molecule has 1 saturated heterocycles. The highest BCUT2D eigenvalue weighted by Gasteiger charge is 2.20. The molecule has 0 saturated carbocycles. The van der Waals surface area contributed by atoms with Crippen LogP contribution in [0.4, 0.5) is 11.4 Å². The van der Waals surface area contributed by atoms with Crippen molar-refractivity contribution in [3.8, 4) is 11.3 Å². The Balaban J connectivity index is 1.59. The molecule has 0 aliphatic carbocycles. The predicted octanol–water partition coefficient (Wildman–Crippen LogP) is 3.43. The first-order chi connectivity index (χ1) is 12.8. The third-order valence-electron chi connectivity index (χ3n) is 4.36. The van der Waals surface area contributed by atoms with Gasteiger partial charge in [-0.1, -0.05) is 47.6 Å². The molecule has 1 aliphatic heterocycles. The van der Waals surface area contributed by atoms with Crippen molar-refractivity contribution in [2.24, 2.45) is 0 Å². The van der Waals surface area contributed by atoms with Gasteiger partial charge >= 0.3 is 0 Å². The molecule has 1 aromatic heterocycles. The minimum absolute atomic E-state index is 0.245. The van der Waals surface area contributed by atoms with E-state index in [1.54, 1.807) is 0 Å². The smallest absolute Gasteiger partial charge is 0.261 e. The molecular formula is C20H19N3O3. The summed E-state index contributed by atoms with van der Waals surface area (Å²) in [6.45, 7) is 2.98. The topological polar surface area (TPSA) is 67.6 Å². The Kier molecular flexibility index (Phi) is 4.66. The van der Waals surface area contributed by atoms with Crippen molar-refractivity contribution in [3.05, 3.63) is 66.4 Å². The Morgan fingerprint density at radius 1 is 1.00 bits per heavy atom. The molecule has 0 atom stereocenters. The monoisotopic (exact) mass is 349 g/mol. The highest BCUT2D eigenvalue weighted by molar-refractivity contribution is 6.09. The summed E-state index contributed by atoms with van der Waals surface area (Å²) in [5, 5.41) is 6.81. The van der Waals surface area contributed by atoms with Crippen molar-refractivity contribution in [1.82, 2.24) is 5.16 Å². The Hall–Kier alpha value is -3.12. The van der Waals surface area contributed by atoms with Crippen LogP contribution >= 0.6 is 0 Å². The van der Waals surface area contributed by atoms with Crippen molar-refractivity contribution >= 4 is 17.3 Å². The van der Waals surface area contributed by atoms with Crippen molar-refractivity contribution in [1.29, 1.82) is 0 Å². The van der Waals surface area contributed by atoms with Gasteiger partial charge in [0.2, 0.25) is 0 Å². The van der Waals surface area contributed by atoms with Gasteiger partial charge in [0.15, 0.2) is 5.76 Å². The second-order valence-corrected chi connectivity index (χ2v) is 6.01. The highest BCUT2D eigenvalue weighted by Crippen LogP contribution is 2.29. The number of ether oxygens (including phenoxy) is 1. The summed E-state index contributed by atoms with van der Waals surface area (Å²) in [7, 11) is 0. The second kappa shape index (κ2) is 7.41. The van der Waals surface area contributed by atoms with E-state index in [9.17, 15) is 4.79 Å². The van der Waals surface area contributed by atoms with E-state index in [1.807, 2.05) is 54.6 Å². The number of benzene rings is 2. The Morgan fingerprint density at radius 3 is 2.54 bits per heavy atom. The van der Waals surface area contributed by atoms with Crippen LogP contribution in [0.25, 0.3) is 11.3 Å². The minimum Gasteiger partial charge on any atom is -0.378 e. The summed E-state index contributed by atoms with van der Waals surface area (Å²) in [4.78, 5) is 15.1. The van der Waals surface area contributed by atoms with Gasteiger partial charge in [0.25, 0.3) is 5.91 Å². The number of nitrogens with zero attached hydrogens (tertiary/aromatic N) is 2. The van der Waals surface area contributed by atoms with Crippen LogP contribution in [0.1, 0.15) is 10.4 Å². The van der Waals surface area contributed by atoms with Gasteiger partial charge < -0.3 is 19.5 Å². The number of hydrogen-bond acceptors (Lipinski definition) is 5. The summed E-state index contributed by atoms with van der Waals surface area (Å²) in [6.07, 6.45) is 1.45. The molecule has 1 aliphatic rings. The fraction of sp³-hybridized carbons (Fsp3) is 0.200. The minimum atomic E-state index is -0.245. The lowest BCUT2D eigenvalue weighted by atomic mass is 10.1. The number of hydrogen-bond donors (Lipinski definition) is 1. The van der Waals surface area contributed by atoms with E-state index in [0.29, 0.717) is 24.5 Å². The molecule has 0 radical (unpaired) electrons. The van der Waals surface area contributed by atoms with E-state index in [4.69, 9.17) is 9.26 Å². The molecule has 26 heavy (non-hydrogen) atoms. The molecule has 6 nitrogen and oxygen atoms in total. The largest absolute Gasteiger partial charge is 0.378 e. The van der Waals surface area contributed by atoms with E-state index in [0.717, 1.165) is 30.0 Å². The number of morpholine rings is 1. The van der Waals surface area contributed by atoms with Gasteiger partial charge in [-0.3, -0.25) is 4.79 Å². The number of aromatic nitrogens is 1. The summed E-state index contributed by atoms with van der Waals surface area (Å²) in [5.41, 5.74) is 2.98. The zero-order chi connectivity index (χ0) is 17.8. The molecule has 1 amide bonds. The molecule has 0 bridgehead atoms. The van der Waals surface area contributed by atoms with Crippen LogP contribution in [-0.4, -0.2) is 37.4 Å². The van der Waals surface area contributed by atoms with Gasteiger partial charge in [0.05, 0.1) is 30.8 Å². The maximum Gasteiger partial charge on any atom is 0.261 e. The van der Waals surface area contributed by atoms with Crippen LogP contribution in [0.3, 0.4) is 0 Å². The number of para-hydroxylation sites is 2. The SMILES string of the molecule is O=C(Nc1ccccc1N1CCOCC1)c1cnoc1-c1ccccc1. The average molecular weight is 349 g/mol. The summed E-state index contributed by atoms with van der Waals surface area (Å²) >= 11 is 0. The molecule has 132 valence electrons. The van der Waals surface area contributed by atoms with E-state index in [1.165, 1.54) is 6.20 Å². The normalized spacial score (nSPS) is 14.2. The molecule has 4 rings (SSSR count). The molecule has 6 heteroatoms. The first kappa shape index (κ1) is 16.4. The molecule has 2 aromatic carbocycles. The number of carbonyl (C=O) groups is 1. The first-order valence-electron chi connectivity index (χ1n) is 8.56. The maximum atomic E-state index is 12.9. The number of rotatable bonds is 4. The van der Waals surface area contributed by atoms with E-state index >= 15 is 0 Å². The first-order valence-corrected chi connectivity index (χ1v) is 8.56. The molecular weight excluding hydrogens is 330 g/mol. The summed E-state index contributed by atoms with van der Waals surface area (Å²) in [6, 6.07) is 17.3. The zero-order valence-electron chi connectivity index (χ0n) is 14.2. The third-order valence-corrected chi connectivity index (χ3v) is 4.36. The number of anilines is 2. The van der Waals surface area contributed by atoms with Gasteiger partial charge in [-0.05, 0) is 12.1 Å². The quantitative estimate of drug-likeness (QED) is 0.782. The Morgan fingerprint density at radius 2 is 1.73 bits per heavy atom. The van der Waals surface area contributed by atoms with Crippen molar-refractivity contribution in [3.63, 3.8) is 0 Å². The van der Waals surface area contributed by atoms with Crippen molar-refractivity contribution in [2.75, 3.05) is 36.5 Å². The lowest BCUT2D eigenvalue weighted by Gasteiger charge is -2.30. The van der Waals surface area contributed by atoms with Crippen molar-refractivity contribution in [2.45, 2.75) is 0 Å². The zero-order valence-corrected chi connectivity index (χ0v) is 14.2. The van der Waals surface area contributed by atoms with Crippen molar-refractivity contribution < 1.29 is 14.1 Å². The standard InChI is InChI=1S/C20H19N3O3/c24-20(16-14-21-26-19(16)15-6-2-1-3-7-15)22-17-8-4-5-9-18(17)23-10-12-25-13-11-23/h1-9,14H,10-13H2,(H,22,24). The van der Waals surface area contributed by atoms with Crippen LogP contribution in [0.2, 0.25) is 0 Å². The highest BCUT2D eigenvalue weighted by atomic mass is 16.5. The lowest BCUT2D eigenvalue weighted by molar-refractivity contribution is 0.102. The van der Waals surface area contributed by atoms with Crippen LogP contribution in [0.5, 0.6) is 0 Å². The van der Waals surface area contributed by atoms with E-state index in [2.05, 4.69) is 15.4 Å². The number of carbonyl (C=O) groups excluding carboxylic acids is 1. The second-order valence-electron chi connectivity index (χ2n) is 6.01. The van der Waals surface area contributed by atoms with Gasteiger partial charge in [-0.25, -0.2) is 0 Å². The Bertz CT molecular complexity index is 886. The van der Waals surface area contributed by atoms with Crippen LogP contribution in [0, 0.1) is 0 Å². The summed E-state index contributed by atoms with van der Waals surface area (Å²) in [5.74, 6) is 0.220. The van der Waals surface area contributed by atoms with Gasteiger partial charge in [0, 0.05) is 18.7 Å². The molecule has 1 N–H and O–H groups in total. The fourth-order valence-corrected chi connectivity index (χ4v) is 3.05. The number of amides is 1. The Labute approximate surface area is 151 Å². The molecule has 0 unspecified atom stereocenters. The lowest BCUT2D eigenvalue weighted by Crippen LogP contribution is -2.36. The van der Waals surface area contributed by atoms with E-state index < -0.39 is 0 Å². The number of nitrogens with one attached hydrogen (secondary N) is 1. The predicted molar refractivity (Wildman–Crippen MR) is 99.4 cm³/mol. The maximum absolute atomic E-state index is 12.9. The van der Waals surface area contributed by atoms with E-state index in [-0.39, 0.29) is 5.91 Å². The third kappa shape index (κ3) is 3.32. The molecule has 3 aromatic rings. The summed E-state index contributed by atoms with van der Waals surface area (Å²) < 4.78 is 10.7. The average Bonchev–Trinajstić information content (AvgIpc) is 3.20. The fourth-order valence-electron chi connectivity index (χ4n) is 3.05. The molecule has 0 spiro atoms. The van der Waals surface area contributed by atoms with Gasteiger partial charge in [-0.2, -0.15) is 0 Å². The van der Waals surface area contributed by atoms with Crippen LogP contribution < -0.4 is 10.2 Å². The molecule has 1 fully saturated rings.